The van der Waals surface area contributed by atoms with Crippen molar-refractivity contribution in [1.29, 1.82) is 0 Å². The van der Waals surface area contributed by atoms with Crippen LogP contribution in [0.2, 0.25) is 0 Å². The molecule has 0 aromatic heterocycles. The van der Waals surface area contributed by atoms with Gasteiger partial charge in [0, 0.05) is 6.54 Å². The van der Waals surface area contributed by atoms with Crippen LogP contribution in [0.4, 0.5) is 0 Å². The maximum absolute atomic E-state index is 5.56. The molecule has 0 heterocycles. The van der Waals surface area contributed by atoms with Crippen molar-refractivity contribution in [1.82, 2.24) is 5.32 Å². The minimum atomic E-state index is 0.613. The highest BCUT2D eigenvalue weighted by molar-refractivity contribution is 4.87. The van der Waals surface area contributed by atoms with Gasteiger partial charge in [-0.2, -0.15) is 0 Å². The summed E-state index contributed by atoms with van der Waals surface area (Å²) in [6, 6.07) is 0. The van der Waals surface area contributed by atoms with Crippen LogP contribution in [-0.4, -0.2) is 19.6 Å². The topological polar surface area (TPSA) is 38.0 Å². The van der Waals surface area contributed by atoms with Crippen LogP contribution < -0.4 is 11.1 Å². The van der Waals surface area contributed by atoms with E-state index in [0.717, 1.165) is 18.4 Å². The van der Waals surface area contributed by atoms with E-state index in [0.29, 0.717) is 5.41 Å². The average Bonchev–Trinajstić information content (AvgIpc) is 2.74. The van der Waals surface area contributed by atoms with Crippen LogP contribution in [0, 0.1) is 17.3 Å². The Kier molecular flexibility index (Phi) is 7.25. The molecule has 0 aromatic carbocycles. The lowest BCUT2D eigenvalue weighted by Gasteiger charge is -2.32. The Hall–Kier alpha value is -0.0800. The van der Waals surface area contributed by atoms with Gasteiger partial charge in [0.2, 0.25) is 0 Å². The van der Waals surface area contributed by atoms with Gasteiger partial charge in [-0.3, -0.25) is 0 Å². The zero-order valence-corrected chi connectivity index (χ0v) is 12.8. The molecule has 2 heteroatoms. The highest BCUT2D eigenvalue weighted by Crippen LogP contribution is 2.42. The molecule has 0 bridgehead atoms. The lowest BCUT2D eigenvalue weighted by Crippen LogP contribution is -2.35. The normalized spacial score (nSPS) is 20.5. The minimum absolute atomic E-state index is 0.613. The molecule has 18 heavy (non-hydrogen) atoms. The van der Waals surface area contributed by atoms with E-state index in [-0.39, 0.29) is 0 Å². The highest BCUT2D eigenvalue weighted by Gasteiger charge is 2.33. The number of hydrogen-bond acceptors (Lipinski definition) is 2. The van der Waals surface area contributed by atoms with E-state index >= 15 is 0 Å². The first-order valence-electron chi connectivity index (χ1n) is 7.99. The molecule has 0 radical (unpaired) electrons. The molecule has 3 N–H and O–H groups in total. The molecule has 1 fully saturated rings. The molecule has 1 unspecified atom stereocenters. The van der Waals surface area contributed by atoms with Crippen LogP contribution in [0.5, 0.6) is 0 Å². The maximum atomic E-state index is 5.56. The number of rotatable bonds is 9. The van der Waals surface area contributed by atoms with E-state index in [1.54, 1.807) is 0 Å². The molecule has 0 amide bonds. The van der Waals surface area contributed by atoms with Gasteiger partial charge in [-0.15, -0.1) is 0 Å². The first-order chi connectivity index (χ1) is 8.58. The Morgan fingerprint density at radius 2 is 1.83 bits per heavy atom. The third-order valence-corrected chi connectivity index (χ3v) is 4.40. The summed E-state index contributed by atoms with van der Waals surface area (Å²) >= 11 is 0. The van der Waals surface area contributed by atoms with E-state index in [1.807, 2.05) is 0 Å². The highest BCUT2D eigenvalue weighted by atomic mass is 14.9. The summed E-state index contributed by atoms with van der Waals surface area (Å²) in [6.45, 7) is 10.3. The Bertz CT molecular complexity index is 207. The van der Waals surface area contributed by atoms with Crippen LogP contribution in [0.3, 0.4) is 0 Å². The van der Waals surface area contributed by atoms with Crippen molar-refractivity contribution in [2.75, 3.05) is 19.6 Å². The number of nitrogens with one attached hydrogen (secondary N) is 1. The second-order valence-electron chi connectivity index (χ2n) is 6.97. The fourth-order valence-corrected chi connectivity index (χ4v) is 3.60. The second-order valence-corrected chi connectivity index (χ2v) is 6.97. The summed E-state index contributed by atoms with van der Waals surface area (Å²) in [7, 11) is 0. The maximum Gasteiger partial charge on any atom is 0.000802 e. The third-order valence-electron chi connectivity index (χ3n) is 4.40. The Labute approximate surface area is 114 Å². The van der Waals surface area contributed by atoms with Crippen LogP contribution in [-0.2, 0) is 0 Å². The van der Waals surface area contributed by atoms with Crippen molar-refractivity contribution in [2.45, 2.75) is 65.7 Å². The molecule has 0 spiro atoms. The molecule has 108 valence electrons. The predicted octanol–water partition coefficient (Wildman–Crippen LogP) is 3.56. The van der Waals surface area contributed by atoms with Crippen LogP contribution in [0.1, 0.15) is 65.7 Å². The van der Waals surface area contributed by atoms with Gasteiger partial charge in [0.1, 0.15) is 0 Å². The summed E-state index contributed by atoms with van der Waals surface area (Å²) in [5, 5.41) is 3.74. The number of nitrogens with two attached hydrogens (primary N) is 1. The largest absolute Gasteiger partial charge is 0.330 e. The van der Waals surface area contributed by atoms with E-state index in [1.165, 1.54) is 58.0 Å². The van der Waals surface area contributed by atoms with Crippen molar-refractivity contribution in [3.05, 3.63) is 0 Å². The fraction of sp³-hybridized carbons (Fsp3) is 1.00. The zero-order valence-electron chi connectivity index (χ0n) is 12.8. The summed E-state index contributed by atoms with van der Waals surface area (Å²) in [5.74, 6) is 1.60. The van der Waals surface area contributed by atoms with E-state index in [9.17, 15) is 0 Å². The van der Waals surface area contributed by atoms with Gasteiger partial charge in [-0.1, -0.05) is 33.6 Å². The van der Waals surface area contributed by atoms with Crippen LogP contribution >= 0.6 is 0 Å². The van der Waals surface area contributed by atoms with Gasteiger partial charge in [0.25, 0.3) is 0 Å². The molecule has 0 saturated heterocycles. The molecule has 0 aliphatic heterocycles. The molecule has 1 aliphatic rings. The SMILES string of the molecule is CC(C)CC1(CNCC(C)CCCN)CCCC1. The Morgan fingerprint density at radius 3 is 2.39 bits per heavy atom. The quantitative estimate of drug-likeness (QED) is 0.660. The molecular formula is C16H34N2. The van der Waals surface area contributed by atoms with E-state index in [4.69, 9.17) is 5.73 Å². The molecule has 1 saturated carbocycles. The summed E-state index contributed by atoms with van der Waals surface area (Å²) in [4.78, 5) is 0. The van der Waals surface area contributed by atoms with Gasteiger partial charge < -0.3 is 11.1 Å². The van der Waals surface area contributed by atoms with Crippen molar-refractivity contribution < 1.29 is 0 Å². The van der Waals surface area contributed by atoms with Gasteiger partial charge in [-0.25, -0.2) is 0 Å². The standard InChI is InChI=1S/C16H34N2/c1-14(2)11-16(8-4-5-9-16)13-18-12-15(3)7-6-10-17/h14-15,18H,4-13,17H2,1-3H3. The lowest BCUT2D eigenvalue weighted by molar-refractivity contribution is 0.220. The van der Waals surface area contributed by atoms with Gasteiger partial charge in [0.05, 0.1) is 0 Å². The summed E-state index contributed by atoms with van der Waals surface area (Å²) in [6.07, 6.45) is 9.59. The molecule has 1 aliphatic carbocycles. The first kappa shape index (κ1) is 16.0. The fourth-order valence-electron chi connectivity index (χ4n) is 3.60. The smallest absolute Gasteiger partial charge is 0.000802 e. The van der Waals surface area contributed by atoms with Crippen LogP contribution in [0.15, 0.2) is 0 Å². The van der Waals surface area contributed by atoms with Crippen molar-refractivity contribution in [3.63, 3.8) is 0 Å². The van der Waals surface area contributed by atoms with Crippen molar-refractivity contribution in [3.8, 4) is 0 Å². The van der Waals surface area contributed by atoms with Crippen molar-refractivity contribution >= 4 is 0 Å². The second kappa shape index (κ2) is 8.16. The third kappa shape index (κ3) is 5.71. The number of hydrogen-bond donors (Lipinski definition) is 2. The molecule has 0 aromatic rings. The van der Waals surface area contributed by atoms with Gasteiger partial charge in [-0.05, 0) is 62.4 Å². The molecular weight excluding hydrogens is 220 g/mol. The minimum Gasteiger partial charge on any atom is -0.330 e. The summed E-state index contributed by atoms with van der Waals surface area (Å²) in [5.41, 5.74) is 6.17. The molecule has 2 nitrogen and oxygen atoms in total. The van der Waals surface area contributed by atoms with E-state index in [2.05, 4.69) is 26.1 Å². The zero-order chi connectivity index (χ0) is 13.4. The Morgan fingerprint density at radius 1 is 1.17 bits per heavy atom. The Balaban J connectivity index is 2.25. The monoisotopic (exact) mass is 254 g/mol. The first-order valence-corrected chi connectivity index (χ1v) is 7.99. The lowest BCUT2D eigenvalue weighted by atomic mass is 9.78. The summed E-state index contributed by atoms with van der Waals surface area (Å²) < 4.78 is 0. The average molecular weight is 254 g/mol. The van der Waals surface area contributed by atoms with E-state index < -0.39 is 0 Å². The van der Waals surface area contributed by atoms with Gasteiger partial charge >= 0.3 is 0 Å². The molecule has 1 atom stereocenters. The molecule has 1 rings (SSSR count). The van der Waals surface area contributed by atoms with Crippen LogP contribution in [0.25, 0.3) is 0 Å². The predicted molar refractivity (Wildman–Crippen MR) is 80.7 cm³/mol. The van der Waals surface area contributed by atoms with Gasteiger partial charge in [0.15, 0.2) is 0 Å². The van der Waals surface area contributed by atoms with Crippen molar-refractivity contribution in [2.24, 2.45) is 23.0 Å².